The molecule has 24 heavy (non-hydrogen) atoms. The fraction of sp³-hybridized carbons (Fsp3) is 0.125. The number of nitrogens with zero attached hydrogens (tertiary/aromatic N) is 3. The number of carbonyl (C=O) groups excluding carboxylic acids is 2. The third kappa shape index (κ3) is 2.93. The molecule has 0 bridgehead atoms. The zero-order valence-electron chi connectivity index (χ0n) is 12.9. The Bertz CT molecular complexity index is 952. The molecule has 3 aromatic rings. The lowest BCUT2D eigenvalue weighted by Gasteiger charge is -2.09. The van der Waals surface area contributed by atoms with E-state index < -0.39 is 11.9 Å². The predicted octanol–water partition coefficient (Wildman–Crippen LogP) is 2.73. The molecule has 0 saturated carbocycles. The molecule has 0 unspecified atom stereocenters. The van der Waals surface area contributed by atoms with E-state index in [0.29, 0.717) is 16.4 Å². The number of aromatic nitrogens is 3. The number of halogens is 1. The topological polar surface area (TPSA) is 85.6 Å². The van der Waals surface area contributed by atoms with E-state index in [2.05, 4.69) is 20.1 Å². The van der Waals surface area contributed by atoms with E-state index in [-0.39, 0.29) is 11.3 Å². The Kier molecular flexibility index (Phi) is 4.18. The minimum atomic E-state index is -0.517. The van der Waals surface area contributed by atoms with Gasteiger partial charge in [-0.05, 0) is 31.2 Å². The van der Waals surface area contributed by atoms with E-state index in [1.165, 1.54) is 25.3 Å². The van der Waals surface area contributed by atoms with Gasteiger partial charge in [-0.2, -0.15) is 5.10 Å². The van der Waals surface area contributed by atoms with Gasteiger partial charge in [-0.1, -0.05) is 11.6 Å². The van der Waals surface area contributed by atoms with Crippen molar-refractivity contribution < 1.29 is 14.3 Å². The Morgan fingerprint density at radius 1 is 1.25 bits per heavy atom. The summed E-state index contributed by atoms with van der Waals surface area (Å²) in [5.41, 5.74) is 2.14. The van der Waals surface area contributed by atoms with Gasteiger partial charge < -0.3 is 10.1 Å². The van der Waals surface area contributed by atoms with Crippen molar-refractivity contribution in [3.63, 3.8) is 0 Å². The van der Waals surface area contributed by atoms with Crippen LogP contribution in [-0.2, 0) is 4.74 Å². The summed E-state index contributed by atoms with van der Waals surface area (Å²) in [4.78, 5) is 28.3. The minimum absolute atomic E-state index is 0.222. The van der Waals surface area contributed by atoms with Gasteiger partial charge in [-0.3, -0.25) is 4.79 Å². The van der Waals surface area contributed by atoms with Crippen LogP contribution in [0.3, 0.4) is 0 Å². The fourth-order valence-electron chi connectivity index (χ4n) is 2.24. The number of ether oxygens (including phenoxy) is 1. The summed E-state index contributed by atoms with van der Waals surface area (Å²) in [6.07, 6.45) is 1.60. The van der Waals surface area contributed by atoms with E-state index >= 15 is 0 Å². The number of carbonyl (C=O) groups is 2. The van der Waals surface area contributed by atoms with Crippen molar-refractivity contribution in [3.8, 4) is 0 Å². The highest BCUT2D eigenvalue weighted by molar-refractivity contribution is 6.34. The smallest absolute Gasteiger partial charge is 0.337 e. The first-order valence-electron chi connectivity index (χ1n) is 7.00. The molecule has 0 fully saturated rings. The Labute approximate surface area is 142 Å². The lowest BCUT2D eigenvalue weighted by Crippen LogP contribution is -2.16. The molecule has 2 aromatic heterocycles. The molecule has 1 N–H and O–H groups in total. The van der Waals surface area contributed by atoms with Crippen LogP contribution < -0.4 is 5.32 Å². The second-order valence-corrected chi connectivity index (χ2v) is 5.43. The van der Waals surface area contributed by atoms with Crippen molar-refractivity contribution in [1.29, 1.82) is 0 Å². The average Bonchev–Trinajstić information content (AvgIpc) is 3.05. The second-order valence-electron chi connectivity index (χ2n) is 5.02. The van der Waals surface area contributed by atoms with Crippen molar-refractivity contribution in [1.82, 2.24) is 14.6 Å². The van der Waals surface area contributed by atoms with Crippen LogP contribution in [-0.4, -0.2) is 33.6 Å². The number of hydrogen-bond donors (Lipinski definition) is 1. The molecule has 7 nitrogen and oxygen atoms in total. The first kappa shape index (κ1) is 15.9. The number of anilines is 1. The third-order valence-corrected chi connectivity index (χ3v) is 3.74. The van der Waals surface area contributed by atoms with Crippen LogP contribution in [0, 0.1) is 6.92 Å². The summed E-state index contributed by atoms with van der Waals surface area (Å²) in [5, 5.41) is 7.07. The molecule has 0 aliphatic heterocycles. The highest BCUT2D eigenvalue weighted by atomic mass is 35.5. The Morgan fingerprint density at radius 2 is 2.04 bits per heavy atom. The first-order valence-corrected chi connectivity index (χ1v) is 7.38. The predicted molar refractivity (Wildman–Crippen MR) is 88.5 cm³/mol. The van der Waals surface area contributed by atoms with Crippen molar-refractivity contribution in [2.45, 2.75) is 6.92 Å². The van der Waals surface area contributed by atoms with Gasteiger partial charge in [0.15, 0.2) is 5.65 Å². The average molecular weight is 345 g/mol. The molecule has 8 heteroatoms. The molecule has 0 aliphatic rings. The SMILES string of the molecule is COC(=O)c1ccc(Cl)c(NC(=O)c2cc(C)n3nccc3n2)c1. The van der Waals surface area contributed by atoms with E-state index in [1.54, 1.807) is 22.8 Å². The van der Waals surface area contributed by atoms with Crippen molar-refractivity contribution in [3.05, 3.63) is 58.5 Å². The van der Waals surface area contributed by atoms with E-state index in [1.807, 2.05) is 6.92 Å². The Morgan fingerprint density at radius 3 is 2.79 bits per heavy atom. The molecule has 1 aromatic carbocycles. The van der Waals surface area contributed by atoms with Gasteiger partial charge in [0, 0.05) is 11.8 Å². The zero-order chi connectivity index (χ0) is 17.3. The maximum absolute atomic E-state index is 12.5. The van der Waals surface area contributed by atoms with E-state index in [0.717, 1.165) is 5.69 Å². The van der Waals surface area contributed by atoms with E-state index in [4.69, 9.17) is 11.6 Å². The molecule has 1 amide bonds. The van der Waals surface area contributed by atoms with Gasteiger partial charge in [0.1, 0.15) is 5.69 Å². The maximum Gasteiger partial charge on any atom is 0.337 e. The molecule has 0 radical (unpaired) electrons. The maximum atomic E-state index is 12.5. The number of rotatable bonds is 3. The van der Waals surface area contributed by atoms with Crippen molar-refractivity contribution >= 4 is 34.8 Å². The number of amides is 1. The lowest BCUT2D eigenvalue weighted by molar-refractivity contribution is 0.0600. The highest BCUT2D eigenvalue weighted by Crippen LogP contribution is 2.24. The summed E-state index contributed by atoms with van der Waals surface area (Å²) in [7, 11) is 1.28. The zero-order valence-corrected chi connectivity index (χ0v) is 13.7. The number of fused-ring (bicyclic) bond motifs is 1. The van der Waals surface area contributed by atoms with Crippen LogP contribution in [0.15, 0.2) is 36.5 Å². The molecule has 0 aliphatic carbocycles. The summed E-state index contributed by atoms with van der Waals surface area (Å²) >= 11 is 6.08. The number of nitrogens with one attached hydrogen (secondary N) is 1. The van der Waals surface area contributed by atoms with Gasteiger partial charge >= 0.3 is 5.97 Å². The van der Waals surface area contributed by atoms with Crippen molar-refractivity contribution in [2.24, 2.45) is 0 Å². The van der Waals surface area contributed by atoms with Crippen LogP contribution in [0.25, 0.3) is 5.65 Å². The molecular weight excluding hydrogens is 332 g/mol. The van der Waals surface area contributed by atoms with Crippen LogP contribution in [0.5, 0.6) is 0 Å². The standard InChI is InChI=1S/C16H13ClN4O3/c1-9-7-13(19-14-5-6-18-21(9)14)15(22)20-12-8-10(16(23)24-2)3-4-11(12)17/h3-8H,1-2H3,(H,20,22). The third-order valence-electron chi connectivity index (χ3n) is 3.41. The quantitative estimate of drug-likeness (QED) is 0.738. The van der Waals surface area contributed by atoms with Gasteiger partial charge in [-0.25, -0.2) is 14.3 Å². The summed E-state index contributed by atoms with van der Waals surface area (Å²) in [6, 6.07) is 7.81. The second kappa shape index (κ2) is 6.29. The van der Waals surface area contributed by atoms with Crippen LogP contribution in [0.4, 0.5) is 5.69 Å². The van der Waals surface area contributed by atoms with Gasteiger partial charge in [0.25, 0.3) is 5.91 Å². The number of hydrogen-bond acceptors (Lipinski definition) is 5. The van der Waals surface area contributed by atoms with Gasteiger partial charge in [0.2, 0.25) is 0 Å². The monoisotopic (exact) mass is 344 g/mol. The molecule has 0 atom stereocenters. The van der Waals surface area contributed by atoms with Crippen LogP contribution >= 0.6 is 11.6 Å². The largest absolute Gasteiger partial charge is 0.465 e. The minimum Gasteiger partial charge on any atom is -0.465 e. The van der Waals surface area contributed by atoms with Crippen molar-refractivity contribution in [2.75, 3.05) is 12.4 Å². The normalized spacial score (nSPS) is 10.6. The van der Waals surface area contributed by atoms with Gasteiger partial charge in [-0.15, -0.1) is 0 Å². The first-order chi connectivity index (χ1) is 11.5. The number of esters is 1. The van der Waals surface area contributed by atoms with E-state index in [9.17, 15) is 9.59 Å². The summed E-state index contributed by atoms with van der Waals surface area (Å²) < 4.78 is 6.29. The highest BCUT2D eigenvalue weighted by Gasteiger charge is 2.15. The van der Waals surface area contributed by atoms with Crippen LogP contribution in [0.1, 0.15) is 26.5 Å². The lowest BCUT2D eigenvalue weighted by atomic mass is 10.2. The van der Waals surface area contributed by atoms with Gasteiger partial charge in [0.05, 0.1) is 29.6 Å². The Hall–Kier alpha value is -2.93. The molecule has 0 saturated heterocycles. The molecule has 122 valence electrons. The molecule has 2 heterocycles. The molecular formula is C16H13ClN4O3. The number of methoxy groups -OCH3 is 1. The number of benzene rings is 1. The molecule has 3 rings (SSSR count). The summed E-state index contributed by atoms with van der Waals surface area (Å²) in [6.45, 7) is 1.82. The number of aryl methyl sites for hydroxylation is 1. The molecule has 0 spiro atoms. The summed E-state index contributed by atoms with van der Waals surface area (Å²) in [5.74, 6) is -0.956. The Balaban J connectivity index is 1.92. The van der Waals surface area contributed by atoms with Crippen LogP contribution in [0.2, 0.25) is 5.02 Å². The fourth-order valence-corrected chi connectivity index (χ4v) is 2.40.